The van der Waals surface area contributed by atoms with Crippen molar-refractivity contribution in [2.45, 2.75) is 57.5 Å². The molecule has 1 unspecified atom stereocenters. The fraction of sp³-hybridized carbons (Fsp3) is 0.684. The molecule has 0 radical (unpaired) electrons. The number of fused-ring (bicyclic) bond motifs is 1. The van der Waals surface area contributed by atoms with E-state index >= 15 is 0 Å². The summed E-state index contributed by atoms with van der Waals surface area (Å²) < 4.78 is 27.3. The number of nitrogens with zero attached hydrogens (tertiary/aromatic N) is 4. The molecule has 2 aromatic rings. The van der Waals surface area contributed by atoms with Crippen LogP contribution in [0.3, 0.4) is 0 Å². The molecule has 0 aromatic carbocycles. The van der Waals surface area contributed by atoms with Crippen LogP contribution in [-0.2, 0) is 10.0 Å². The molecule has 2 fully saturated rings. The van der Waals surface area contributed by atoms with Gasteiger partial charge in [0.1, 0.15) is 17.8 Å². The highest BCUT2D eigenvalue weighted by Crippen LogP contribution is 2.33. The number of H-pyrrole nitrogens is 1. The number of hydrogen-bond acceptors (Lipinski definition) is 5. The molecule has 3 heterocycles. The van der Waals surface area contributed by atoms with Gasteiger partial charge in [0.2, 0.25) is 10.0 Å². The Kier molecular flexibility index (Phi) is 5.11. The van der Waals surface area contributed by atoms with Crippen LogP contribution in [0.5, 0.6) is 0 Å². The maximum Gasteiger partial charge on any atom is 0.214 e. The summed E-state index contributed by atoms with van der Waals surface area (Å²) in [6.45, 7) is 2.72. The van der Waals surface area contributed by atoms with E-state index in [4.69, 9.17) is 0 Å². The lowest BCUT2D eigenvalue weighted by Gasteiger charge is -2.36. The first-order valence-electron chi connectivity index (χ1n) is 9.96. The molecular formula is C19H29N5O2S. The van der Waals surface area contributed by atoms with Crippen LogP contribution in [-0.4, -0.2) is 59.1 Å². The SMILES string of the molecule is CC1CCCN1S(=O)(=O)C[C@H]1CC[C@H](N(C)c2ncnc3[nH]ccc23)CC1. The summed E-state index contributed by atoms with van der Waals surface area (Å²) in [5, 5.41) is 1.03. The maximum atomic E-state index is 12.8. The van der Waals surface area contributed by atoms with Gasteiger partial charge in [-0.15, -0.1) is 0 Å². The van der Waals surface area contributed by atoms with E-state index in [1.54, 1.807) is 10.6 Å². The molecule has 0 amide bonds. The minimum absolute atomic E-state index is 0.166. The van der Waals surface area contributed by atoms with Crippen molar-refractivity contribution in [3.8, 4) is 0 Å². The van der Waals surface area contributed by atoms with E-state index in [0.717, 1.165) is 55.4 Å². The summed E-state index contributed by atoms with van der Waals surface area (Å²) in [5.41, 5.74) is 0.853. The van der Waals surface area contributed by atoms with Crippen LogP contribution in [0.4, 0.5) is 5.82 Å². The lowest BCUT2D eigenvalue weighted by molar-refractivity contribution is 0.332. The molecule has 1 aliphatic carbocycles. The molecule has 27 heavy (non-hydrogen) atoms. The van der Waals surface area contributed by atoms with Gasteiger partial charge in [0, 0.05) is 31.9 Å². The van der Waals surface area contributed by atoms with Crippen molar-refractivity contribution < 1.29 is 8.42 Å². The van der Waals surface area contributed by atoms with Crippen molar-refractivity contribution in [1.29, 1.82) is 0 Å². The number of nitrogens with one attached hydrogen (secondary N) is 1. The topological polar surface area (TPSA) is 82.2 Å². The van der Waals surface area contributed by atoms with Crippen molar-refractivity contribution in [2.75, 3.05) is 24.2 Å². The number of aromatic amines is 1. The van der Waals surface area contributed by atoms with E-state index in [1.807, 2.05) is 19.2 Å². The van der Waals surface area contributed by atoms with Gasteiger partial charge in [-0.3, -0.25) is 0 Å². The molecule has 148 valence electrons. The van der Waals surface area contributed by atoms with Crippen LogP contribution in [0.25, 0.3) is 11.0 Å². The zero-order valence-electron chi connectivity index (χ0n) is 16.1. The molecule has 1 N–H and O–H groups in total. The second kappa shape index (κ2) is 7.39. The van der Waals surface area contributed by atoms with Crippen LogP contribution < -0.4 is 4.90 Å². The third kappa shape index (κ3) is 3.69. The van der Waals surface area contributed by atoms with Gasteiger partial charge < -0.3 is 9.88 Å². The first-order chi connectivity index (χ1) is 13.0. The second-order valence-electron chi connectivity index (χ2n) is 8.10. The summed E-state index contributed by atoms with van der Waals surface area (Å²) in [6, 6.07) is 2.57. The zero-order chi connectivity index (χ0) is 19.0. The van der Waals surface area contributed by atoms with E-state index in [9.17, 15) is 8.42 Å². The largest absolute Gasteiger partial charge is 0.356 e. The van der Waals surface area contributed by atoms with E-state index in [1.165, 1.54) is 0 Å². The zero-order valence-corrected chi connectivity index (χ0v) is 17.0. The first-order valence-corrected chi connectivity index (χ1v) is 11.6. The molecule has 1 atom stereocenters. The lowest BCUT2D eigenvalue weighted by atomic mass is 9.86. The molecule has 2 aliphatic rings. The van der Waals surface area contributed by atoms with Crippen molar-refractivity contribution in [1.82, 2.24) is 19.3 Å². The Balaban J connectivity index is 1.38. The summed E-state index contributed by atoms with van der Waals surface area (Å²) in [6.07, 6.45) is 9.38. The van der Waals surface area contributed by atoms with Crippen molar-refractivity contribution in [2.24, 2.45) is 5.92 Å². The number of hydrogen-bond donors (Lipinski definition) is 1. The predicted molar refractivity (Wildman–Crippen MR) is 107 cm³/mol. The van der Waals surface area contributed by atoms with Gasteiger partial charge in [0.15, 0.2) is 0 Å². The fourth-order valence-corrected chi connectivity index (χ4v) is 6.91. The highest BCUT2D eigenvalue weighted by molar-refractivity contribution is 7.89. The second-order valence-corrected chi connectivity index (χ2v) is 10.1. The number of rotatable bonds is 5. The molecule has 1 aliphatic heterocycles. The van der Waals surface area contributed by atoms with Gasteiger partial charge in [0.25, 0.3) is 0 Å². The monoisotopic (exact) mass is 391 g/mol. The normalized spacial score (nSPS) is 27.3. The molecule has 1 saturated heterocycles. The maximum absolute atomic E-state index is 12.8. The Morgan fingerprint density at radius 3 is 2.70 bits per heavy atom. The highest BCUT2D eigenvalue weighted by atomic mass is 32.2. The average Bonchev–Trinajstić information content (AvgIpc) is 3.30. The molecule has 0 bridgehead atoms. The van der Waals surface area contributed by atoms with E-state index in [0.29, 0.717) is 18.3 Å². The summed E-state index contributed by atoms with van der Waals surface area (Å²) in [5.74, 6) is 1.52. The van der Waals surface area contributed by atoms with Gasteiger partial charge in [-0.2, -0.15) is 4.31 Å². The Morgan fingerprint density at radius 2 is 2.00 bits per heavy atom. The van der Waals surface area contributed by atoms with Crippen molar-refractivity contribution >= 4 is 26.9 Å². The Morgan fingerprint density at radius 1 is 1.22 bits per heavy atom. The Bertz CT molecular complexity index is 888. The van der Waals surface area contributed by atoms with Crippen LogP contribution in [0, 0.1) is 5.92 Å². The molecule has 7 nitrogen and oxygen atoms in total. The summed E-state index contributed by atoms with van der Waals surface area (Å²) in [7, 11) is -1.04. The minimum Gasteiger partial charge on any atom is -0.356 e. The van der Waals surface area contributed by atoms with Crippen LogP contribution in [0.2, 0.25) is 0 Å². The molecule has 0 spiro atoms. The smallest absolute Gasteiger partial charge is 0.214 e. The van der Waals surface area contributed by atoms with Crippen LogP contribution in [0.1, 0.15) is 45.4 Å². The molecule has 2 aromatic heterocycles. The molecule has 8 heteroatoms. The van der Waals surface area contributed by atoms with E-state index < -0.39 is 10.0 Å². The lowest BCUT2D eigenvalue weighted by Crippen LogP contribution is -2.40. The molecule has 1 saturated carbocycles. The third-order valence-corrected chi connectivity index (χ3v) is 8.48. The van der Waals surface area contributed by atoms with Gasteiger partial charge in [0.05, 0.1) is 11.1 Å². The van der Waals surface area contributed by atoms with E-state index in [-0.39, 0.29) is 12.0 Å². The quantitative estimate of drug-likeness (QED) is 0.847. The molecule has 4 rings (SSSR count). The van der Waals surface area contributed by atoms with Crippen molar-refractivity contribution in [3.05, 3.63) is 18.6 Å². The number of sulfonamides is 1. The average molecular weight is 392 g/mol. The predicted octanol–water partition coefficient (Wildman–Crippen LogP) is 2.77. The minimum atomic E-state index is -3.13. The summed E-state index contributed by atoms with van der Waals surface area (Å²) in [4.78, 5) is 14.1. The third-order valence-electron chi connectivity index (χ3n) is 6.33. The number of aromatic nitrogens is 3. The Hall–Kier alpha value is -1.67. The van der Waals surface area contributed by atoms with Gasteiger partial charge in [-0.1, -0.05) is 0 Å². The van der Waals surface area contributed by atoms with Gasteiger partial charge >= 0.3 is 0 Å². The van der Waals surface area contributed by atoms with Gasteiger partial charge in [-0.25, -0.2) is 18.4 Å². The first kappa shape index (κ1) is 18.7. The Labute approximate surface area is 161 Å². The fourth-order valence-electron chi connectivity index (χ4n) is 4.73. The van der Waals surface area contributed by atoms with Crippen LogP contribution >= 0.6 is 0 Å². The highest BCUT2D eigenvalue weighted by Gasteiger charge is 2.35. The molecular weight excluding hydrogens is 362 g/mol. The van der Waals surface area contributed by atoms with Gasteiger partial charge in [-0.05, 0) is 57.4 Å². The standard InChI is InChI=1S/C19H29N5O2S/c1-14-4-3-11-24(14)27(25,26)12-15-5-7-16(8-6-15)23(2)19-17-9-10-20-18(17)21-13-22-19/h9-10,13-16H,3-8,11-12H2,1-2H3,(H,20,21,22)/t14?,15-,16-. The summed E-state index contributed by atoms with van der Waals surface area (Å²) >= 11 is 0. The van der Waals surface area contributed by atoms with Crippen molar-refractivity contribution in [3.63, 3.8) is 0 Å². The van der Waals surface area contributed by atoms with E-state index in [2.05, 4.69) is 26.9 Å². The van der Waals surface area contributed by atoms with Crippen LogP contribution in [0.15, 0.2) is 18.6 Å². The number of anilines is 1.